The molecule has 94 valence electrons. The summed E-state index contributed by atoms with van der Waals surface area (Å²) in [6, 6.07) is 7.89. The molecule has 0 saturated heterocycles. The van der Waals surface area contributed by atoms with Gasteiger partial charge in [-0.15, -0.1) is 0 Å². The van der Waals surface area contributed by atoms with E-state index in [1.54, 1.807) is 0 Å². The summed E-state index contributed by atoms with van der Waals surface area (Å²) in [6.07, 6.45) is -3.79. The molecular weight excluding hydrogens is 227 g/mol. The fraction of sp³-hybridized carbons (Fsp3) is 0.538. The molecule has 17 heavy (non-hydrogen) atoms. The topological polar surface area (TPSA) is 12.0 Å². The largest absolute Gasteiger partial charge is 0.389 e. The Morgan fingerprint density at radius 2 is 2.00 bits per heavy atom. The van der Waals surface area contributed by atoms with Crippen LogP contribution in [0, 0.1) is 0 Å². The summed E-state index contributed by atoms with van der Waals surface area (Å²) < 4.78 is 36.8. The van der Waals surface area contributed by atoms with Gasteiger partial charge in [0.1, 0.15) is 0 Å². The number of benzene rings is 1. The van der Waals surface area contributed by atoms with Crippen molar-refractivity contribution in [2.45, 2.75) is 44.3 Å². The maximum absolute atomic E-state index is 12.3. The molecule has 2 rings (SSSR count). The summed E-state index contributed by atoms with van der Waals surface area (Å²) in [5.41, 5.74) is 2.01. The molecule has 0 fully saturated rings. The molecule has 1 aliphatic rings. The van der Waals surface area contributed by atoms with Crippen LogP contribution in [0.3, 0.4) is 0 Å². The van der Waals surface area contributed by atoms with Crippen molar-refractivity contribution < 1.29 is 13.2 Å². The van der Waals surface area contributed by atoms with E-state index in [1.165, 1.54) is 0 Å². The van der Waals surface area contributed by atoms with E-state index in [2.05, 4.69) is 5.32 Å². The fourth-order valence-electron chi connectivity index (χ4n) is 2.47. The molecule has 0 bridgehead atoms. The lowest BCUT2D eigenvalue weighted by Crippen LogP contribution is -2.26. The molecule has 1 aromatic carbocycles. The standard InChI is InChI=1S/C13H16F3N/c1-9-8-10(6-7-13(14,15)16)11-4-2-3-5-12(11)17-9/h2-5,9-10,17H,6-8H2,1H3. The van der Waals surface area contributed by atoms with Crippen molar-refractivity contribution in [2.24, 2.45) is 0 Å². The number of hydrogen-bond donors (Lipinski definition) is 1. The lowest BCUT2D eigenvalue weighted by atomic mass is 9.84. The Labute approximate surface area is 99.0 Å². The Kier molecular flexibility index (Phi) is 3.31. The molecule has 1 aliphatic heterocycles. The molecule has 0 aromatic heterocycles. The van der Waals surface area contributed by atoms with E-state index < -0.39 is 12.6 Å². The van der Waals surface area contributed by atoms with Crippen LogP contribution in [0.15, 0.2) is 24.3 Å². The maximum Gasteiger partial charge on any atom is 0.389 e. The minimum Gasteiger partial charge on any atom is -0.382 e. The maximum atomic E-state index is 12.3. The number of fused-ring (bicyclic) bond motifs is 1. The average molecular weight is 243 g/mol. The van der Waals surface area contributed by atoms with Crippen LogP contribution in [0.25, 0.3) is 0 Å². The first-order valence-electron chi connectivity index (χ1n) is 5.88. The minimum atomic E-state index is -4.05. The lowest BCUT2D eigenvalue weighted by Gasteiger charge is -2.31. The molecule has 1 N–H and O–H groups in total. The molecule has 0 saturated carbocycles. The Hall–Kier alpha value is -1.19. The van der Waals surface area contributed by atoms with Gasteiger partial charge in [0.2, 0.25) is 0 Å². The number of hydrogen-bond acceptors (Lipinski definition) is 1. The first-order chi connectivity index (χ1) is 7.96. The molecular formula is C13H16F3N. The van der Waals surface area contributed by atoms with Crippen molar-refractivity contribution in [3.8, 4) is 0 Å². The highest BCUT2D eigenvalue weighted by Crippen LogP contribution is 2.38. The summed E-state index contributed by atoms with van der Waals surface area (Å²) in [5, 5.41) is 3.31. The molecule has 1 heterocycles. The van der Waals surface area contributed by atoms with Crippen LogP contribution >= 0.6 is 0 Å². The number of alkyl halides is 3. The molecule has 0 radical (unpaired) electrons. The second kappa shape index (κ2) is 4.59. The van der Waals surface area contributed by atoms with E-state index in [0.717, 1.165) is 17.7 Å². The highest BCUT2D eigenvalue weighted by atomic mass is 19.4. The Bertz CT molecular complexity index is 386. The van der Waals surface area contributed by atoms with Crippen molar-refractivity contribution in [3.05, 3.63) is 29.8 Å². The number of nitrogens with one attached hydrogen (secondary N) is 1. The Balaban J connectivity index is 2.13. The Morgan fingerprint density at radius 3 is 2.71 bits per heavy atom. The summed E-state index contributed by atoms with van der Waals surface area (Å²) in [6.45, 7) is 2.01. The van der Waals surface area contributed by atoms with Gasteiger partial charge in [-0.05, 0) is 37.3 Å². The predicted octanol–water partition coefficient (Wildman–Crippen LogP) is 4.32. The third-order valence-corrected chi connectivity index (χ3v) is 3.22. The number of anilines is 1. The molecule has 1 nitrogen and oxygen atoms in total. The number of para-hydroxylation sites is 1. The van der Waals surface area contributed by atoms with Gasteiger partial charge in [-0.2, -0.15) is 13.2 Å². The predicted molar refractivity (Wildman–Crippen MR) is 62.2 cm³/mol. The van der Waals surface area contributed by atoms with E-state index >= 15 is 0 Å². The number of halogens is 3. The SMILES string of the molecule is CC1CC(CCC(F)(F)F)c2ccccc2N1. The fourth-order valence-corrected chi connectivity index (χ4v) is 2.47. The summed E-state index contributed by atoms with van der Waals surface area (Å²) >= 11 is 0. The van der Waals surface area contributed by atoms with Gasteiger partial charge >= 0.3 is 6.18 Å². The second-order valence-electron chi connectivity index (χ2n) is 4.72. The monoisotopic (exact) mass is 243 g/mol. The zero-order valence-corrected chi connectivity index (χ0v) is 9.72. The molecule has 0 spiro atoms. The summed E-state index contributed by atoms with van der Waals surface area (Å²) in [5.74, 6) is 0.0177. The summed E-state index contributed by atoms with van der Waals surface area (Å²) in [4.78, 5) is 0. The lowest BCUT2D eigenvalue weighted by molar-refractivity contribution is -0.136. The summed E-state index contributed by atoms with van der Waals surface area (Å²) in [7, 11) is 0. The third kappa shape index (κ3) is 3.14. The number of rotatable bonds is 2. The molecule has 0 amide bonds. The van der Waals surface area contributed by atoms with Crippen molar-refractivity contribution in [3.63, 3.8) is 0 Å². The van der Waals surface area contributed by atoms with Crippen LogP contribution in [0.5, 0.6) is 0 Å². The van der Waals surface area contributed by atoms with Crippen LogP contribution in [-0.2, 0) is 0 Å². The zero-order chi connectivity index (χ0) is 12.5. The molecule has 4 heteroatoms. The van der Waals surface area contributed by atoms with Crippen LogP contribution in [-0.4, -0.2) is 12.2 Å². The van der Waals surface area contributed by atoms with E-state index in [4.69, 9.17) is 0 Å². The van der Waals surface area contributed by atoms with Crippen molar-refractivity contribution in [2.75, 3.05) is 5.32 Å². The second-order valence-corrected chi connectivity index (χ2v) is 4.72. The van der Waals surface area contributed by atoms with Gasteiger partial charge in [0, 0.05) is 18.2 Å². The van der Waals surface area contributed by atoms with Crippen LogP contribution in [0.2, 0.25) is 0 Å². The van der Waals surface area contributed by atoms with Gasteiger partial charge in [-0.3, -0.25) is 0 Å². The van der Waals surface area contributed by atoms with Crippen molar-refractivity contribution >= 4 is 5.69 Å². The quantitative estimate of drug-likeness (QED) is 0.815. The van der Waals surface area contributed by atoms with Gasteiger partial charge in [0.15, 0.2) is 0 Å². The van der Waals surface area contributed by atoms with E-state index in [9.17, 15) is 13.2 Å². The van der Waals surface area contributed by atoms with Crippen molar-refractivity contribution in [1.29, 1.82) is 0 Å². The minimum absolute atomic E-state index is 0.0177. The van der Waals surface area contributed by atoms with Gasteiger partial charge in [0.05, 0.1) is 0 Å². The highest BCUT2D eigenvalue weighted by Gasteiger charge is 2.31. The Morgan fingerprint density at radius 1 is 1.29 bits per heavy atom. The van der Waals surface area contributed by atoms with Crippen molar-refractivity contribution in [1.82, 2.24) is 0 Å². The first kappa shape index (κ1) is 12.3. The normalized spacial score (nSPS) is 24.0. The van der Waals surface area contributed by atoms with E-state index in [1.807, 2.05) is 31.2 Å². The van der Waals surface area contributed by atoms with E-state index in [0.29, 0.717) is 0 Å². The van der Waals surface area contributed by atoms with Gasteiger partial charge in [-0.25, -0.2) is 0 Å². The zero-order valence-electron chi connectivity index (χ0n) is 9.72. The first-order valence-corrected chi connectivity index (χ1v) is 5.88. The average Bonchev–Trinajstić information content (AvgIpc) is 2.24. The molecule has 1 aromatic rings. The molecule has 2 unspecified atom stereocenters. The molecule has 0 aliphatic carbocycles. The van der Waals surface area contributed by atoms with Gasteiger partial charge in [0.25, 0.3) is 0 Å². The van der Waals surface area contributed by atoms with Crippen LogP contribution < -0.4 is 5.32 Å². The van der Waals surface area contributed by atoms with E-state index in [-0.39, 0.29) is 18.4 Å². The van der Waals surface area contributed by atoms with Crippen LogP contribution in [0.1, 0.15) is 37.7 Å². The third-order valence-electron chi connectivity index (χ3n) is 3.22. The van der Waals surface area contributed by atoms with Crippen LogP contribution in [0.4, 0.5) is 18.9 Å². The highest BCUT2D eigenvalue weighted by molar-refractivity contribution is 5.55. The van der Waals surface area contributed by atoms with Gasteiger partial charge < -0.3 is 5.32 Å². The smallest absolute Gasteiger partial charge is 0.382 e. The van der Waals surface area contributed by atoms with Gasteiger partial charge in [-0.1, -0.05) is 18.2 Å². The molecule has 2 atom stereocenters.